The van der Waals surface area contributed by atoms with E-state index in [1.807, 2.05) is 6.07 Å². The number of amides is 2. The second-order valence-corrected chi connectivity index (χ2v) is 10.1. The lowest BCUT2D eigenvalue weighted by Crippen LogP contribution is -2.36. The molecule has 1 rings (SSSR count). The van der Waals surface area contributed by atoms with Gasteiger partial charge < -0.3 is 14.2 Å². The summed E-state index contributed by atoms with van der Waals surface area (Å²) in [6, 6.07) is 5.34. The van der Waals surface area contributed by atoms with E-state index >= 15 is 0 Å². The normalized spacial score (nSPS) is 11.0. The maximum atomic E-state index is 12.2. The van der Waals surface area contributed by atoms with Gasteiger partial charge in [-0.2, -0.15) is 0 Å². The van der Waals surface area contributed by atoms with E-state index in [1.54, 1.807) is 18.3 Å². The molecule has 0 aliphatic heterocycles. The molecule has 0 bridgehead atoms. The zero-order valence-corrected chi connectivity index (χ0v) is 24.3. The molecule has 38 heavy (non-hydrogen) atoms. The van der Waals surface area contributed by atoms with E-state index in [4.69, 9.17) is 14.2 Å². The first-order chi connectivity index (χ1) is 18.6. The first kappa shape index (κ1) is 34.0. The molecule has 0 saturated carbocycles. The fourth-order valence-corrected chi connectivity index (χ4v) is 4.30. The van der Waals surface area contributed by atoms with Gasteiger partial charge in [0.25, 0.3) is 0 Å². The van der Waals surface area contributed by atoms with Gasteiger partial charge in [0.05, 0.1) is 32.1 Å². The second-order valence-electron chi connectivity index (χ2n) is 10.1. The predicted octanol–water partition coefficient (Wildman–Crippen LogP) is 7.86. The van der Waals surface area contributed by atoms with Crippen LogP contribution in [-0.4, -0.2) is 54.9 Å². The number of nitrogens with zero attached hydrogens (tertiary/aromatic N) is 2. The Morgan fingerprint density at radius 1 is 0.684 bits per heavy atom. The van der Waals surface area contributed by atoms with Crippen LogP contribution in [0, 0.1) is 0 Å². The van der Waals surface area contributed by atoms with Crippen LogP contribution >= 0.6 is 0 Å². The Morgan fingerprint density at radius 2 is 1.18 bits per heavy atom. The highest BCUT2D eigenvalue weighted by Gasteiger charge is 2.20. The third-order valence-corrected chi connectivity index (χ3v) is 6.61. The molecule has 7 heteroatoms. The molecule has 0 spiro atoms. The molecular weight excluding hydrogens is 480 g/mol. The van der Waals surface area contributed by atoms with Gasteiger partial charge in [0.2, 0.25) is 5.91 Å². The molecule has 1 aromatic heterocycles. The molecule has 2 amide bonds. The average Bonchev–Trinajstić information content (AvgIpc) is 2.92. The number of pyridine rings is 1. The minimum Gasteiger partial charge on any atom is -0.447 e. The molecule has 0 atom stereocenters. The molecule has 0 fully saturated rings. The van der Waals surface area contributed by atoms with Gasteiger partial charge in [0.1, 0.15) is 6.61 Å². The Labute approximate surface area is 232 Å². The van der Waals surface area contributed by atoms with Crippen LogP contribution in [0.2, 0.25) is 0 Å². The van der Waals surface area contributed by atoms with E-state index in [1.165, 1.54) is 103 Å². The van der Waals surface area contributed by atoms with Gasteiger partial charge in [-0.25, -0.2) is 9.69 Å². The summed E-state index contributed by atoms with van der Waals surface area (Å²) in [5.41, 5.74) is 0.623. The third-order valence-electron chi connectivity index (χ3n) is 6.61. The Balaban J connectivity index is 1.82. The highest BCUT2D eigenvalue weighted by atomic mass is 16.6. The van der Waals surface area contributed by atoms with E-state index in [-0.39, 0.29) is 25.7 Å². The zero-order valence-electron chi connectivity index (χ0n) is 24.3. The van der Waals surface area contributed by atoms with Crippen LogP contribution in [-0.2, 0) is 25.5 Å². The van der Waals surface area contributed by atoms with Crippen LogP contribution in [0.5, 0.6) is 0 Å². The van der Waals surface area contributed by atoms with E-state index in [9.17, 15) is 9.59 Å². The van der Waals surface area contributed by atoms with Crippen molar-refractivity contribution in [1.82, 2.24) is 9.88 Å². The number of hydrogen-bond acceptors (Lipinski definition) is 6. The maximum Gasteiger partial charge on any atom is 0.416 e. The Morgan fingerprint density at radius 3 is 1.68 bits per heavy atom. The largest absolute Gasteiger partial charge is 0.447 e. The molecule has 1 aromatic rings. The smallest absolute Gasteiger partial charge is 0.416 e. The lowest BCUT2D eigenvalue weighted by Gasteiger charge is -2.18. The summed E-state index contributed by atoms with van der Waals surface area (Å²) in [5, 5.41) is 0. The molecule has 0 radical (unpaired) electrons. The highest BCUT2D eigenvalue weighted by Crippen LogP contribution is 2.13. The maximum absolute atomic E-state index is 12.2. The molecule has 0 saturated heterocycles. The summed E-state index contributed by atoms with van der Waals surface area (Å²) in [6.45, 7) is 5.80. The van der Waals surface area contributed by atoms with Crippen LogP contribution in [0.4, 0.5) is 4.79 Å². The summed E-state index contributed by atoms with van der Waals surface area (Å²) in [6.07, 6.45) is 22.8. The molecule has 0 aromatic carbocycles. The average molecular weight is 535 g/mol. The fraction of sp³-hybridized carbons (Fsp3) is 0.774. The van der Waals surface area contributed by atoms with E-state index in [0.29, 0.717) is 18.9 Å². The summed E-state index contributed by atoms with van der Waals surface area (Å²) < 4.78 is 16.2. The van der Waals surface area contributed by atoms with Crippen LogP contribution < -0.4 is 0 Å². The van der Waals surface area contributed by atoms with Crippen LogP contribution in [0.15, 0.2) is 24.4 Å². The van der Waals surface area contributed by atoms with Crippen molar-refractivity contribution < 1.29 is 23.8 Å². The molecular formula is C31H54N2O5. The summed E-state index contributed by atoms with van der Waals surface area (Å²) in [4.78, 5) is 29.1. The van der Waals surface area contributed by atoms with Gasteiger partial charge in [-0.05, 0) is 18.6 Å². The Bertz CT molecular complexity index is 686. The topological polar surface area (TPSA) is 78.0 Å². The first-order valence-electron chi connectivity index (χ1n) is 15.2. The monoisotopic (exact) mass is 534 g/mol. The van der Waals surface area contributed by atoms with Gasteiger partial charge >= 0.3 is 6.09 Å². The predicted molar refractivity (Wildman–Crippen MR) is 153 cm³/mol. The quantitative estimate of drug-likeness (QED) is 0.119. The number of carbonyl (C=O) groups is 2. The summed E-state index contributed by atoms with van der Waals surface area (Å²) in [5.74, 6) is -0.385. The first-order valence-corrected chi connectivity index (χ1v) is 15.2. The van der Waals surface area contributed by atoms with Crippen molar-refractivity contribution in [3.8, 4) is 0 Å². The minimum atomic E-state index is -0.688. The number of aromatic nitrogens is 1. The molecule has 218 valence electrons. The van der Waals surface area contributed by atoms with Crippen molar-refractivity contribution in [2.24, 2.45) is 0 Å². The Hall–Kier alpha value is -1.99. The second kappa shape index (κ2) is 25.3. The molecule has 0 aliphatic rings. The number of rotatable bonds is 25. The van der Waals surface area contributed by atoms with Gasteiger partial charge in [-0.3, -0.25) is 9.78 Å². The summed E-state index contributed by atoms with van der Waals surface area (Å²) >= 11 is 0. The van der Waals surface area contributed by atoms with Crippen molar-refractivity contribution in [1.29, 1.82) is 0 Å². The zero-order chi connectivity index (χ0) is 27.5. The Kier molecular flexibility index (Phi) is 22.7. The van der Waals surface area contributed by atoms with Gasteiger partial charge in [0, 0.05) is 19.7 Å². The van der Waals surface area contributed by atoms with Crippen molar-refractivity contribution in [2.75, 3.05) is 33.0 Å². The number of hydrogen-bond donors (Lipinski definition) is 0. The van der Waals surface area contributed by atoms with Gasteiger partial charge in [0.15, 0.2) is 0 Å². The van der Waals surface area contributed by atoms with Crippen LogP contribution in [0.1, 0.15) is 122 Å². The number of ether oxygens (including phenoxy) is 3. The minimum absolute atomic E-state index is 0.0864. The number of carbonyl (C=O) groups excluding carboxylic acids is 2. The van der Waals surface area contributed by atoms with Crippen molar-refractivity contribution in [2.45, 2.75) is 123 Å². The molecule has 0 N–H and O–H groups in total. The molecule has 7 nitrogen and oxygen atoms in total. The number of unbranched alkanes of at least 4 members (excludes halogenated alkanes) is 15. The van der Waals surface area contributed by atoms with E-state index in [0.717, 1.165) is 17.9 Å². The van der Waals surface area contributed by atoms with Crippen LogP contribution in [0.3, 0.4) is 0 Å². The summed E-state index contributed by atoms with van der Waals surface area (Å²) in [7, 11) is 0. The van der Waals surface area contributed by atoms with Gasteiger partial charge in [-0.15, -0.1) is 0 Å². The highest BCUT2D eigenvalue weighted by molar-refractivity contribution is 5.90. The van der Waals surface area contributed by atoms with E-state index < -0.39 is 6.09 Å². The van der Waals surface area contributed by atoms with Gasteiger partial charge in [-0.1, -0.05) is 109 Å². The van der Waals surface area contributed by atoms with E-state index in [2.05, 4.69) is 11.9 Å². The molecule has 0 unspecified atom stereocenters. The molecule has 0 aliphatic carbocycles. The van der Waals surface area contributed by atoms with Crippen molar-refractivity contribution in [3.05, 3.63) is 30.1 Å². The lowest BCUT2D eigenvalue weighted by atomic mass is 10.0. The SMILES string of the molecule is CCCCCCCCCCCCCCCCCCOCCOCCOC(=O)N(Cc1ccccn1)C(C)=O. The van der Waals surface area contributed by atoms with Crippen molar-refractivity contribution in [3.63, 3.8) is 0 Å². The molecule has 1 heterocycles. The third kappa shape index (κ3) is 20.0. The standard InChI is InChI=1S/C31H54N2O5/c1-3-4-5-6-7-8-9-10-11-12-13-14-15-16-17-20-23-36-24-25-37-26-27-38-31(35)33(29(2)34)28-30-21-18-19-22-32-30/h18-19,21-22H,3-17,20,23-28H2,1-2H3. The van der Waals surface area contributed by atoms with Crippen LogP contribution in [0.25, 0.3) is 0 Å². The fourth-order valence-electron chi connectivity index (χ4n) is 4.30. The lowest BCUT2D eigenvalue weighted by molar-refractivity contribution is -0.127. The number of imide groups is 1. The van der Waals surface area contributed by atoms with Crippen molar-refractivity contribution >= 4 is 12.0 Å².